The minimum atomic E-state index is 0.636. The molecular weight excluding hydrogens is 214 g/mol. The number of rotatable bonds is 5. The summed E-state index contributed by atoms with van der Waals surface area (Å²) in [5, 5.41) is 0.919. The van der Waals surface area contributed by atoms with E-state index < -0.39 is 0 Å². The molecule has 0 fully saturated rings. The second-order valence-electron chi connectivity index (χ2n) is 4.60. The molecule has 17 heavy (non-hydrogen) atoms. The molecule has 1 heterocycles. The molecule has 0 spiro atoms. The third kappa shape index (κ3) is 2.67. The van der Waals surface area contributed by atoms with Gasteiger partial charge in [-0.15, -0.1) is 0 Å². The molecule has 2 rings (SSSR count). The molecule has 0 aliphatic heterocycles. The normalized spacial score (nSPS) is 11.0. The van der Waals surface area contributed by atoms with Crippen LogP contribution in [0.5, 0.6) is 5.75 Å². The number of hydrogen-bond acceptors (Lipinski definition) is 2. The number of H-pyrrole nitrogens is 1. The van der Waals surface area contributed by atoms with Crippen LogP contribution in [0.25, 0.3) is 10.9 Å². The topological polar surface area (TPSA) is 42.1 Å². The molecule has 0 bridgehead atoms. The Morgan fingerprint density at radius 3 is 2.94 bits per heavy atom. The van der Waals surface area contributed by atoms with Crippen molar-refractivity contribution in [2.24, 2.45) is 5.92 Å². The molecule has 0 unspecified atom stereocenters. The highest BCUT2D eigenvalue weighted by Gasteiger charge is 2.04. The van der Waals surface area contributed by atoms with Crippen molar-refractivity contribution in [2.45, 2.75) is 20.3 Å². The van der Waals surface area contributed by atoms with E-state index in [4.69, 9.17) is 4.74 Å². The molecule has 0 aliphatic carbocycles. The molecular formula is C14H17NO2. The van der Waals surface area contributed by atoms with E-state index in [1.54, 1.807) is 6.20 Å². The Hall–Kier alpha value is -1.77. The van der Waals surface area contributed by atoms with E-state index in [0.29, 0.717) is 18.1 Å². The van der Waals surface area contributed by atoms with Gasteiger partial charge in [0.25, 0.3) is 0 Å². The lowest BCUT2D eigenvalue weighted by Gasteiger charge is -2.08. The van der Waals surface area contributed by atoms with Gasteiger partial charge in [0.1, 0.15) is 5.75 Å². The lowest BCUT2D eigenvalue weighted by atomic mass is 10.1. The van der Waals surface area contributed by atoms with Gasteiger partial charge in [0.05, 0.1) is 6.61 Å². The first-order valence-corrected chi connectivity index (χ1v) is 5.90. The first kappa shape index (κ1) is 11.7. The smallest absolute Gasteiger partial charge is 0.152 e. The van der Waals surface area contributed by atoms with Crippen LogP contribution in [0.2, 0.25) is 0 Å². The summed E-state index contributed by atoms with van der Waals surface area (Å²) in [5.41, 5.74) is 1.64. The fourth-order valence-corrected chi connectivity index (χ4v) is 1.72. The number of aldehydes is 1. The summed E-state index contributed by atoms with van der Waals surface area (Å²) < 4.78 is 5.66. The zero-order valence-electron chi connectivity index (χ0n) is 10.2. The molecule has 0 amide bonds. The number of hydrogen-bond donors (Lipinski definition) is 1. The number of fused-ring (bicyclic) bond motifs is 1. The zero-order chi connectivity index (χ0) is 12.3. The summed E-state index contributed by atoms with van der Waals surface area (Å²) >= 11 is 0. The quantitative estimate of drug-likeness (QED) is 0.801. The van der Waals surface area contributed by atoms with Gasteiger partial charge in [-0.3, -0.25) is 4.79 Å². The Balaban J connectivity index is 2.15. The summed E-state index contributed by atoms with van der Waals surface area (Å²) in [6, 6.07) is 5.77. The number of aromatic amines is 1. The van der Waals surface area contributed by atoms with E-state index in [1.165, 1.54) is 0 Å². The van der Waals surface area contributed by atoms with Gasteiger partial charge in [-0.2, -0.15) is 0 Å². The minimum absolute atomic E-state index is 0.636. The zero-order valence-corrected chi connectivity index (χ0v) is 10.2. The van der Waals surface area contributed by atoms with E-state index in [1.807, 2.05) is 18.2 Å². The molecule has 3 heteroatoms. The predicted octanol–water partition coefficient (Wildman–Crippen LogP) is 3.41. The molecule has 0 aliphatic rings. The molecule has 1 aromatic heterocycles. The van der Waals surface area contributed by atoms with E-state index >= 15 is 0 Å². The summed E-state index contributed by atoms with van der Waals surface area (Å²) in [5.74, 6) is 1.46. The molecule has 3 nitrogen and oxygen atoms in total. The molecule has 0 atom stereocenters. The number of nitrogens with one attached hydrogen (secondary N) is 1. The van der Waals surface area contributed by atoms with Crippen LogP contribution in [-0.4, -0.2) is 17.9 Å². The number of ether oxygens (including phenoxy) is 1. The monoisotopic (exact) mass is 231 g/mol. The van der Waals surface area contributed by atoms with Crippen LogP contribution in [0.4, 0.5) is 0 Å². The van der Waals surface area contributed by atoms with Crippen molar-refractivity contribution in [3.05, 3.63) is 30.0 Å². The Morgan fingerprint density at radius 2 is 2.24 bits per heavy atom. The van der Waals surface area contributed by atoms with Crippen molar-refractivity contribution >= 4 is 17.2 Å². The second kappa shape index (κ2) is 5.04. The maximum atomic E-state index is 10.8. The first-order valence-electron chi connectivity index (χ1n) is 5.90. The summed E-state index contributed by atoms with van der Waals surface area (Å²) in [4.78, 5) is 13.9. The van der Waals surface area contributed by atoms with Crippen molar-refractivity contribution in [3.8, 4) is 5.75 Å². The molecule has 0 saturated carbocycles. The second-order valence-corrected chi connectivity index (χ2v) is 4.60. The predicted molar refractivity (Wildman–Crippen MR) is 68.6 cm³/mol. The first-order chi connectivity index (χ1) is 8.20. The number of benzene rings is 1. The van der Waals surface area contributed by atoms with E-state index in [2.05, 4.69) is 18.8 Å². The molecule has 1 N–H and O–H groups in total. The fourth-order valence-electron chi connectivity index (χ4n) is 1.72. The maximum Gasteiger partial charge on any atom is 0.152 e. The van der Waals surface area contributed by atoms with Gasteiger partial charge in [-0.05, 0) is 30.5 Å². The summed E-state index contributed by atoms with van der Waals surface area (Å²) in [7, 11) is 0. The minimum Gasteiger partial charge on any atom is -0.494 e. The third-order valence-corrected chi connectivity index (χ3v) is 2.78. The summed E-state index contributed by atoms with van der Waals surface area (Å²) in [6.45, 7) is 5.05. The average Bonchev–Trinajstić information content (AvgIpc) is 2.70. The van der Waals surface area contributed by atoms with Gasteiger partial charge < -0.3 is 9.72 Å². The van der Waals surface area contributed by atoms with Gasteiger partial charge in [0, 0.05) is 22.7 Å². The van der Waals surface area contributed by atoms with Crippen molar-refractivity contribution in [1.82, 2.24) is 4.98 Å². The van der Waals surface area contributed by atoms with Crippen LogP contribution in [-0.2, 0) is 0 Å². The Morgan fingerprint density at radius 1 is 1.41 bits per heavy atom. The van der Waals surface area contributed by atoms with Crippen LogP contribution in [0.15, 0.2) is 24.4 Å². The lowest BCUT2D eigenvalue weighted by molar-refractivity contribution is 0.112. The van der Waals surface area contributed by atoms with Gasteiger partial charge in [0.2, 0.25) is 0 Å². The average molecular weight is 231 g/mol. The number of carbonyl (C=O) groups excluding carboxylic acids is 1. The Bertz CT molecular complexity index is 514. The lowest BCUT2D eigenvalue weighted by Crippen LogP contribution is -2.01. The molecule has 1 aromatic carbocycles. The molecule has 2 aromatic rings. The van der Waals surface area contributed by atoms with Gasteiger partial charge in [-0.25, -0.2) is 0 Å². The van der Waals surface area contributed by atoms with Crippen molar-refractivity contribution < 1.29 is 9.53 Å². The highest BCUT2D eigenvalue weighted by molar-refractivity contribution is 5.97. The van der Waals surface area contributed by atoms with Crippen LogP contribution in [0.3, 0.4) is 0 Å². The van der Waals surface area contributed by atoms with E-state index in [9.17, 15) is 4.79 Å². The molecule has 0 saturated heterocycles. The number of aromatic nitrogens is 1. The van der Waals surface area contributed by atoms with Gasteiger partial charge >= 0.3 is 0 Å². The maximum absolute atomic E-state index is 10.8. The highest BCUT2D eigenvalue weighted by Crippen LogP contribution is 2.23. The standard InChI is InChI=1S/C14H17NO2/c1-10(2)5-6-17-12-3-4-14-13(7-12)11(9-16)8-15-14/h3-4,7-10,15H,5-6H2,1-2H3. The van der Waals surface area contributed by atoms with Crippen molar-refractivity contribution in [3.63, 3.8) is 0 Å². The van der Waals surface area contributed by atoms with Crippen LogP contribution >= 0.6 is 0 Å². The highest BCUT2D eigenvalue weighted by atomic mass is 16.5. The fraction of sp³-hybridized carbons (Fsp3) is 0.357. The largest absolute Gasteiger partial charge is 0.494 e. The number of carbonyl (C=O) groups is 1. The van der Waals surface area contributed by atoms with Crippen molar-refractivity contribution in [1.29, 1.82) is 0 Å². The Kier molecular flexibility index (Phi) is 3.47. The van der Waals surface area contributed by atoms with Gasteiger partial charge in [0.15, 0.2) is 6.29 Å². The Labute approximate surface area is 101 Å². The van der Waals surface area contributed by atoms with Crippen LogP contribution in [0, 0.1) is 5.92 Å². The third-order valence-electron chi connectivity index (χ3n) is 2.78. The summed E-state index contributed by atoms with van der Waals surface area (Å²) in [6.07, 6.45) is 3.61. The molecule has 0 radical (unpaired) electrons. The van der Waals surface area contributed by atoms with E-state index in [0.717, 1.165) is 29.4 Å². The van der Waals surface area contributed by atoms with Crippen LogP contribution in [0.1, 0.15) is 30.6 Å². The van der Waals surface area contributed by atoms with E-state index in [-0.39, 0.29) is 0 Å². The SMILES string of the molecule is CC(C)CCOc1ccc2[nH]cc(C=O)c2c1. The van der Waals surface area contributed by atoms with Crippen LogP contribution < -0.4 is 4.74 Å². The molecule has 90 valence electrons. The van der Waals surface area contributed by atoms with Crippen molar-refractivity contribution in [2.75, 3.05) is 6.61 Å². The van der Waals surface area contributed by atoms with Gasteiger partial charge in [-0.1, -0.05) is 13.8 Å².